The average molecular weight is 247 g/mol. The predicted molar refractivity (Wildman–Crippen MR) is 74.9 cm³/mol. The van der Waals surface area contributed by atoms with Gasteiger partial charge in [0.2, 0.25) is 0 Å². The van der Waals surface area contributed by atoms with Crippen molar-refractivity contribution in [2.45, 2.75) is 32.7 Å². The van der Waals surface area contributed by atoms with Gasteiger partial charge in [0, 0.05) is 24.7 Å². The predicted octanol–water partition coefficient (Wildman–Crippen LogP) is 2.01. The molecule has 1 saturated heterocycles. The summed E-state index contributed by atoms with van der Waals surface area (Å²) in [5, 5.41) is 2.78. The van der Waals surface area contributed by atoms with Crippen molar-refractivity contribution >= 4 is 17.3 Å². The first-order chi connectivity index (χ1) is 8.63. The summed E-state index contributed by atoms with van der Waals surface area (Å²) >= 11 is 0. The third kappa shape index (κ3) is 2.42. The Labute approximate surface area is 108 Å². The lowest BCUT2D eigenvalue weighted by molar-refractivity contribution is 0.0956. The lowest BCUT2D eigenvalue weighted by atomic mass is 10.1. The van der Waals surface area contributed by atoms with Crippen LogP contribution in [-0.2, 0) is 0 Å². The van der Waals surface area contributed by atoms with Crippen LogP contribution < -0.4 is 16.0 Å². The maximum atomic E-state index is 11.7. The van der Waals surface area contributed by atoms with Crippen molar-refractivity contribution < 1.29 is 4.79 Å². The average Bonchev–Trinajstić information content (AvgIpc) is 2.75. The van der Waals surface area contributed by atoms with Crippen molar-refractivity contribution in [1.82, 2.24) is 5.32 Å². The fraction of sp³-hybridized carbons (Fsp3) is 0.500. The third-order valence-corrected chi connectivity index (χ3v) is 3.49. The smallest absolute Gasteiger partial charge is 0.251 e. The minimum atomic E-state index is -0.0646. The number of nitrogens with one attached hydrogen (secondary N) is 1. The Morgan fingerprint density at radius 3 is 2.89 bits per heavy atom. The SMILES string of the molecule is CCNC(=O)c1ccc(N2CCCC2C)c(N)c1. The Balaban J connectivity index is 2.22. The zero-order chi connectivity index (χ0) is 13.1. The van der Waals surface area contributed by atoms with E-state index < -0.39 is 0 Å². The minimum absolute atomic E-state index is 0.0646. The molecule has 0 bridgehead atoms. The van der Waals surface area contributed by atoms with Gasteiger partial charge in [-0.1, -0.05) is 0 Å². The number of anilines is 2. The molecule has 98 valence electrons. The van der Waals surface area contributed by atoms with E-state index in [1.54, 1.807) is 6.07 Å². The zero-order valence-corrected chi connectivity index (χ0v) is 11.1. The normalized spacial score (nSPS) is 19.0. The van der Waals surface area contributed by atoms with E-state index in [-0.39, 0.29) is 5.91 Å². The summed E-state index contributed by atoms with van der Waals surface area (Å²) in [6.45, 7) is 5.79. The first-order valence-electron chi connectivity index (χ1n) is 6.58. The van der Waals surface area contributed by atoms with E-state index in [9.17, 15) is 4.79 Å². The molecule has 1 heterocycles. The number of nitrogens with two attached hydrogens (primary N) is 1. The monoisotopic (exact) mass is 247 g/mol. The number of carbonyl (C=O) groups excluding carboxylic acids is 1. The van der Waals surface area contributed by atoms with Crippen LogP contribution in [0.4, 0.5) is 11.4 Å². The fourth-order valence-corrected chi connectivity index (χ4v) is 2.51. The van der Waals surface area contributed by atoms with E-state index >= 15 is 0 Å². The van der Waals surface area contributed by atoms with Crippen LogP contribution >= 0.6 is 0 Å². The Morgan fingerprint density at radius 1 is 1.56 bits per heavy atom. The van der Waals surface area contributed by atoms with Crippen LogP contribution in [0.5, 0.6) is 0 Å². The second-order valence-electron chi connectivity index (χ2n) is 4.82. The Bertz CT molecular complexity index is 445. The molecule has 1 fully saturated rings. The van der Waals surface area contributed by atoms with Crippen LogP contribution in [0.25, 0.3) is 0 Å². The van der Waals surface area contributed by atoms with Crippen molar-refractivity contribution in [3.63, 3.8) is 0 Å². The van der Waals surface area contributed by atoms with Crippen LogP contribution in [0.2, 0.25) is 0 Å². The summed E-state index contributed by atoms with van der Waals surface area (Å²) in [5.41, 5.74) is 8.44. The molecule has 1 atom stereocenters. The summed E-state index contributed by atoms with van der Waals surface area (Å²) in [6.07, 6.45) is 2.41. The van der Waals surface area contributed by atoms with Crippen molar-refractivity contribution in [3.8, 4) is 0 Å². The lowest BCUT2D eigenvalue weighted by Crippen LogP contribution is -2.27. The second kappa shape index (κ2) is 5.29. The van der Waals surface area contributed by atoms with Gasteiger partial charge in [-0.05, 0) is 44.9 Å². The van der Waals surface area contributed by atoms with Gasteiger partial charge >= 0.3 is 0 Å². The van der Waals surface area contributed by atoms with E-state index in [0.29, 0.717) is 23.8 Å². The summed E-state index contributed by atoms with van der Waals surface area (Å²) < 4.78 is 0. The molecule has 1 aromatic carbocycles. The molecule has 1 aliphatic rings. The molecule has 0 aromatic heterocycles. The fourth-order valence-electron chi connectivity index (χ4n) is 2.51. The number of hydrogen-bond acceptors (Lipinski definition) is 3. The quantitative estimate of drug-likeness (QED) is 0.803. The van der Waals surface area contributed by atoms with Crippen LogP contribution in [0.3, 0.4) is 0 Å². The number of amides is 1. The molecule has 4 nitrogen and oxygen atoms in total. The van der Waals surface area contributed by atoms with Crippen molar-refractivity contribution in [2.75, 3.05) is 23.7 Å². The van der Waals surface area contributed by atoms with Crippen LogP contribution in [0, 0.1) is 0 Å². The zero-order valence-electron chi connectivity index (χ0n) is 11.1. The Kier molecular flexibility index (Phi) is 3.75. The largest absolute Gasteiger partial charge is 0.397 e. The summed E-state index contributed by atoms with van der Waals surface area (Å²) in [4.78, 5) is 14.0. The molecule has 3 N–H and O–H groups in total. The maximum absolute atomic E-state index is 11.7. The van der Waals surface area contributed by atoms with Gasteiger partial charge in [0.05, 0.1) is 11.4 Å². The highest BCUT2D eigenvalue weighted by Crippen LogP contribution is 2.30. The molecule has 0 aliphatic carbocycles. The molecule has 18 heavy (non-hydrogen) atoms. The molecular weight excluding hydrogens is 226 g/mol. The first-order valence-corrected chi connectivity index (χ1v) is 6.58. The standard InChI is InChI=1S/C14H21N3O/c1-3-16-14(18)11-6-7-13(12(15)9-11)17-8-4-5-10(17)2/h6-7,9-10H,3-5,8,15H2,1-2H3,(H,16,18). The van der Waals surface area contributed by atoms with Crippen molar-refractivity contribution in [3.05, 3.63) is 23.8 Å². The van der Waals surface area contributed by atoms with E-state index in [0.717, 1.165) is 12.2 Å². The van der Waals surface area contributed by atoms with Crippen LogP contribution in [0.15, 0.2) is 18.2 Å². The molecule has 1 aliphatic heterocycles. The maximum Gasteiger partial charge on any atom is 0.251 e. The van der Waals surface area contributed by atoms with Gasteiger partial charge in [-0.25, -0.2) is 0 Å². The highest BCUT2D eigenvalue weighted by Gasteiger charge is 2.22. The van der Waals surface area contributed by atoms with Gasteiger partial charge in [-0.2, -0.15) is 0 Å². The summed E-state index contributed by atoms with van der Waals surface area (Å²) in [6, 6.07) is 6.11. The van der Waals surface area contributed by atoms with Gasteiger partial charge in [0.15, 0.2) is 0 Å². The van der Waals surface area contributed by atoms with E-state index in [1.165, 1.54) is 12.8 Å². The number of benzene rings is 1. The summed E-state index contributed by atoms with van der Waals surface area (Å²) in [7, 11) is 0. The minimum Gasteiger partial charge on any atom is -0.397 e. The van der Waals surface area contributed by atoms with E-state index in [1.807, 2.05) is 19.1 Å². The molecule has 0 spiro atoms. The highest BCUT2D eigenvalue weighted by molar-refractivity contribution is 5.96. The van der Waals surface area contributed by atoms with Crippen LogP contribution in [0.1, 0.15) is 37.0 Å². The van der Waals surface area contributed by atoms with Gasteiger partial charge in [0.25, 0.3) is 5.91 Å². The van der Waals surface area contributed by atoms with Crippen molar-refractivity contribution in [1.29, 1.82) is 0 Å². The number of nitrogen functional groups attached to an aromatic ring is 1. The van der Waals surface area contributed by atoms with E-state index in [2.05, 4.69) is 17.1 Å². The first kappa shape index (κ1) is 12.7. The molecule has 1 unspecified atom stereocenters. The molecule has 0 saturated carbocycles. The highest BCUT2D eigenvalue weighted by atomic mass is 16.1. The van der Waals surface area contributed by atoms with Gasteiger partial charge in [-0.3, -0.25) is 4.79 Å². The molecule has 4 heteroatoms. The molecule has 1 aromatic rings. The number of carbonyl (C=O) groups is 1. The van der Waals surface area contributed by atoms with Crippen molar-refractivity contribution in [2.24, 2.45) is 0 Å². The topological polar surface area (TPSA) is 58.4 Å². The molecule has 1 amide bonds. The third-order valence-electron chi connectivity index (χ3n) is 3.49. The molecular formula is C14H21N3O. The summed E-state index contributed by atoms with van der Waals surface area (Å²) in [5.74, 6) is -0.0646. The van der Waals surface area contributed by atoms with Gasteiger partial charge in [-0.15, -0.1) is 0 Å². The Morgan fingerprint density at radius 2 is 2.33 bits per heavy atom. The number of nitrogens with zero attached hydrogens (tertiary/aromatic N) is 1. The second-order valence-corrected chi connectivity index (χ2v) is 4.82. The number of rotatable bonds is 3. The lowest BCUT2D eigenvalue weighted by Gasteiger charge is -2.25. The van der Waals surface area contributed by atoms with Gasteiger partial charge in [0.1, 0.15) is 0 Å². The molecule has 0 radical (unpaired) electrons. The van der Waals surface area contributed by atoms with E-state index in [4.69, 9.17) is 5.73 Å². The molecule has 2 rings (SSSR count). The Hall–Kier alpha value is -1.71. The number of hydrogen-bond donors (Lipinski definition) is 2. The van der Waals surface area contributed by atoms with Crippen LogP contribution in [-0.4, -0.2) is 25.0 Å². The van der Waals surface area contributed by atoms with Gasteiger partial charge < -0.3 is 16.0 Å².